The topological polar surface area (TPSA) is 74.1 Å². The van der Waals surface area contributed by atoms with Crippen molar-refractivity contribution in [3.05, 3.63) is 59.4 Å². The van der Waals surface area contributed by atoms with Crippen molar-refractivity contribution >= 4 is 5.95 Å². The Bertz CT molecular complexity index is 884. The van der Waals surface area contributed by atoms with E-state index >= 15 is 0 Å². The van der Waals surface area contributed by atoms with Crippen molar-refractivity contribution < 1.29 is 13.9 Å². The minimum atomic E-state index is -0.300. The fraction of sp³-hybridized carbons (Fsp3) is 0.316. The van der Waals surface area contributed by atoms with Gasteiger partial charge in [0.2, 0.25) is 5.95 Å². The first-order valence-corrected chi connectivity index (χ1v) is 8.75. The Kier molecular flexibility index (Phi) is 6.19. The van der Waals surface area contributed by atoms with Crippen molar-refractivity contribution in [2.24, 2.45) is 0 Å². The lowest BCUT2D eigenvalue weighted by Gasteiger charge is -2.16. The van der Waals surface area contributed by atoms with Crippen LogP contribution in [0.25, 0.3) is 0 Å². The number of nitrogens with zero attached hydrogens (tertiary/aromatic N) is 4. The number of para-hydroxylation sites is 1. The van der Waals surface area contributed by atoms with E-state index in [1.165, 1.54) is 6.07 Å². The predicted octanol–water partition coefficient (Wildman–Crippen LogP) is 3.42. The number of ether oxygens (including phenoxy) is 2. The fourth-order valence-corrected chi connectivity index (χ4v) is 2.66. The van der Waals surface area contributed by atoms with Crippen LogP contribution in [0, 0.1) is 5.82 Å². The molecule has 0 aliphatic heterocycles. The summed E-state index contributed by atoms with van der Waals surface area (Å²) in [5.41, 5.74) is 1.34. The van der Waals surface area contributed by atoms with Crippen molar-refractivity contribution in [2.75, 3.05) is 12.4 Å². The maximum Gasteiger partial charge on any atom is 0.243 e. The summed E-state index contributed by atoms with van der Waals surface area (Å²) in [4.78, 5) is 0. The van der Waals surface area contributed by atoms with Gasteiger partial charge in [-0.3, -0.25) is 0 Å². The molecule has 3 aromatic rings. The Balaban J connectivity index is 1.77. The summed E-state index contributed by atoms with van der Waals surface area (Å²) in [7, 11) is 1.57. The number of methoxy groups -OCH3 is 1. The highest BCUT2D eigenvalue weighted by Gasteiger charge is 2.13. The smallest absolute Gasteiger partial charge is 0.243 e. The third-order valence-electron chi connectivity index (χ3n) is 4.01. The Morgan fingerprint density at radius 2 is 1.93 bits per heavy atom. The quantitative estimate of drug-likeness (QED) is 0.621. The molecular formula is C19H22FN5O2. The number of aryl methyl sites for hydroxylation is 1. The van der Waals surface area contributed by atoms with Crippen LogP contribution < -0.4 is 14.8 Å². The van der Waals surface area contributed by atoms with Gasteiger partial charge in [-0.1, -0.05) is 42.4 Å². The summed E-state index contributed by atoms with van der Waals surface area (Å²) in [5, 5.41) is 14.9. The largest absolute Gasteiger partial charge is 0.493 e. The van der Waals surface area contributed by atoms with Gasteiger partial charge in [0.15, 0.2) is 11.5 Å². The third-order valence-corrected chi connectivity index (χ3v) is 4.01. The zero-order valence-electron chi connectivity index (χ0n) is 15.4. The number of hydrogen-bond acceptors (Lipinski definition) is 6. The molecule has 0 aliphatic rings. The van der Waals surface area contributed by atoms with Gasteiger partial charge in [-0.05, 0) is 29.0 Å². The van der Waals surface area contributed by atoms with Gasteiger partial charge in [-0.15, -0.1) is 0 Å². The lowest BCUT2D eigenvalue weighted by molar-refractivity contribution is 0.277. The van der Waals surface area contributed by atoms with E-state index in [-0.39, 0.29) is 12.4 Å². The molecule has 1 N–H and O–H groups in total. The summed E-state index contributed by atoms with van der Waals surface area (Å²) < 4.78 is 26.9. The van der Waals surface area contributed by atoms with Gasteiger partial charge in [0.25, 0.3) is 0 Å². The molecule has 0 saturated heterocycles. The molecule has 0 spiro atoms. The maximum atomic E-state index is 13.9. The summed E-state index contributed by atoms with van der Waals surface area (Å²) in [5.74, 6) is 1.43. The summed E-state index contributed by atoms with van der Waals surface area (Å²) in [6, 6.07) is 12.1. The zero-order chi connectivity index (χ0) is 19.1. The molecule has 1 aromatic heterocycles. The number of tetrazole rings is 1. The van der Waals surface area contributed by atoms with Gasteiger partial charge in [0.05, 0.1) is 7.11 Å². The van der Waals surface area contributed by atoms with Crippen LogP contribution in [0.3, 0.4) is 0 Å². The summed E-state index contributed by atoms with van der Waals surface area (Å²) in [6.45, 7) is 3.33. The molecule has 0 amide bonds. The van der Waals surface area contributed by atoms with Crippen LogP contribution in [0.5, 0.6) is 11.5 Å². The number of rotatable bonds is 9. The Morgan fingerprint density at radius 1 is 1.11 bits per heavy atom. The van der Waals surface area contributed by atoms with Crippen LogP contribution in [0.2, 0.25) is 0 Å². The molecule has 8 heteroatoms. The number of hydrogen-bond donors (Lipinski definition) is 1. The Morgan fingerprint density at radius 3 is 2.70 bits per heavy atom. The minimum absolute atomic E-state index is 0.105. The highest BCUT2D eigenvalue weighted by Crippen LogP contribution is 2.32. The highest BCUT2D eigenvalue weighted by molar-refractivity contribution is 5.48. The number of anilines is 1. The van der Waals surface area contributed by atoms with E-state index in [1.807, 2.05) is 12.1 Å². The summed E-state index contributed by atoms with van der Waals surface area (Å²) >= 11 is 0. The molecule has 0 bridgehead atoms. The number of benzene rings is 2. The SMILES string of the molecule is CCCn1nnnc1NCc1cccc(OC)c1OCc1ccccc1F. The van der Waals surface area contributed by atoms with Crippen molar-refractivity contribution in [1.29, 1.82) is 0 Å². The average molecular weight is 371 g/mol. The van der Waals surface area contributed by atoms with Gasteiger partial charge >= 0.3 is 0 Å². The van der Waals surface area contributed by atoms with Crippen LogP contribution in [-0.4, -0.2) is 27.3 Å². The van der Waals surface area contributed by atoms with Crippen LogP contribution in [-0.2, 0) is 19.7 Å². The Labute approximate surface area is 157 Å². The monoisotopic (exact) mass is 371 g/mol. The normalized spacial score (nSPS) is 10.6. The van der Waals surface area contributed by atoms with E-state index in [9.17, 15) is 4.39 Å². The molecule has 27 heavy (non-hydrogen) atoms. The number of nitrogens with one attached hydrogen (secondary N) is 1. The highest BCUT2D eigenvalue weighted by atomic mass is 19.1. The second-order valence-corrected chi connectivity index (χ2v) is 5.91. The molecule has 0 aliphatic carbocycles. The minimum Gasteiger partial charge on any atom is -0.493 e. The van der Waals surface area contributed by atoms with Crippen LogP contribution in [0.4, 0.5) is 10.3 Å². The lowest BCUT2D eigenvalue weighted by atomic mass is 10.1. The van der Waals surface area contributed by atoms with Crippen LogP contribution >= 0.6 is 0 Å². The molecule has 0 saturated carbocycles. The Hall–Kier alpha value is -3.16. The van der Waals surface area contributed by atoms with Gasteiger partial charge in [-0.25, -0.2) is 9.07 Å². The molecule has 0 unspecified atom stereocenters. The molecule has 2 aromatic carbocycles. The molecule has 0 atom stereocenters. The second kappa shape index (κ2) is 8.98. The molecule has 7 nitrogen and oxygen atoms in total. The van der Waals surface area contributed by atoms with Gasteiger partial charge in [-0.2, -0.15) is 0 Å². The van der Waals surface area contributed by atoms with Crippen molar-refractivity contribution in [3.8, 4) is 11.5 Å². The van der Waals surface area contributed by atoms with E-state index in [1.54, 1.807) is 36.1 Å². The maximum absolute atomic E-state index is 13.9. The third kappa shape index (κ3) is 4.52. The second-order valence-electron chi connectivity index (χ2n) is 5.91. The fourth-order valence-electron chi connectivity index (χ4n) is 2.66. The molecular weight excluding hydrogens is 349 g/mol. The predicted molar refractivity (Wildman–Crippen MR) is 99.2 cm³/mol. The molecule has 0 fully saturated rings. The zero-order valence-corrected chi connectivity index (χ0v) is 15.4. The standard InChI is InChI=1S/C19H22FN5O2/c1-3-11-25-19(22-23-24-25)21-12-14-8-6-10-17(26-2)18(14)27-13-15-7-4-5-9-16(15)20/h4-10H,3,11-13H2,1-2H3,(H,21,22,24). The first-order chi connectivity index (χ1) is 13.2. The van der Waals surface area contributed by atoms with Gasteiger partial charge in [0, 0.05) is 24.2 Å². The van der Waals surface area contributed by atoms with Crippen molar-refractivity contribution in [1.82, 2.24) is 20.2 Å². The lowest BCUT2D eigenvalue weighted by Crippen LogP contribution is -2.10. The van der Waals surface area contributed by atoms with Crippen LogP contribution in [0.15, 0.2) is 42.5 Å². The molecule has 3 rings (SSSR count). The van der Waals surface area contributed by atoms with E-state index in [0.717, 1.165) is 18.5 Å². The van der Waals surface area contributed by atoms with Gasteiger partial charge in [0.1, 0.15) is 12.4 Å². The molecule has 0 radical (unpaired) electrons. The number of aromatic nitrogens is 4. The first-order valence-electron chi connectivity index (χ1n) is 8.75. The van der Waals surface area contributed by atoms with E-state index < -0.39 is 0 Å². The first kappa shape index (κ1) is 18.6. The van der Waals surface area contributed by atoms with Gasteiger partial charge < -0.3 is 14.8 Å². The number of halogens is 1. The average Bonchev–Trinajstić information content (AvgIpc) is 3.13. The van der Waals surface area contributed by atoms with E-state index in [4.69, 9.17) is 9.47 Å². The van der Waals surface area contributed by atoms with Crippen molar-refractivity contribution in [3.63, 3.8) is 0 Å². The van der Waals surface area contributed by atoms with E-state index in [2.05, 4.69) is 27.8 Å². The van der Waals surface area contributed by atoms with Crippen molar-refractivity contribution in [2.45, 2.75) is 33.0 Å². The molecule has 142 valence electrons. The summed E-state index contributed by atoms with van der Waals surface area (Å²) in [6.07, 6.45) is 0.926. The van der Waals surface area contributed by atoms with Crippen LogP contribution in [0.1, 0.15) is 24.5 Å². The molecule has 1 heterocycles. The van der Waals surface area contributed by atoms with E-state index in [0.29, 0.717) is 29.6 Å².